The molecule has 2 aromatic rings. The average molecular weight is 536 g/mol. The number of urea groups is 1. The minimum atomic E-state index is -4.22. The van der Waals surface area contributed by atoms with Crippen LogP contribution < -0.4 is 15.5 Å². The van der Waals surface area contributed by atoms with Gasteiger partial charge in [0.05, 0.1) is 19.8 Å². The Balaban J connectivity index is 1.55. The molecular weight excluding hydrogens is 499 g/mol. The summed E-state index contributed by atoms with van der Waals surface area (Å²) in [7, 11) is 1.66. The Hall–Kier alpha value is -3.05. The number of carbonyl (C=O) groups is 1. The zero-order valence-electron chi connectivity index (χ0n) is 22.1. The van der Waals surface area contributed by atoms with Crippen LogP contribution in [0.25, 0.3) is 11.1 Å². The molecule has 0 radical (unpaired) electrons. The van der Waals surface area contributed by atoms with Crippen LogP contribution in [0, 0.1) is 12.8 Å². The van der Waals surface area contributed by atoms with Crippen LogP contribution in [0.3, 0.4) is 0 Å². The lowest BCUT2D eigenvalue weighted by Crippen LogP contribution is -2.37. The number of hydrogen-bond acceptors (Lipinski definition) is 6. The first-order valence-electron chi connectivity index (χ1n) is 12.9. The highest BCUT2D eigenvalue weighted by molar-refractivity contribution is 5.91. The molecule has 11 heteroatoms. The number of rotatable bonds is 8. The maximum atomic E-state index is 12.8. The number of likely N-dealkylation sites (tertiary alicyclic amines) is 1. The van der Waals surface area contributed by atoms with Crippen LogP contribution >= 0.6 is 0 Å². The van der Waals surface area contributed by atoms with Crippen molar-refractivity contribution in [3.63, 3.8) is 0 Å². The fourth-order valence-electron chi connectivity index (χ4n) is 4.97. The lowest BCUT2D eigenvalue weighted by atomic mass is 10.00. The molecule has 38 heavy (non-hydrogen) atoms. The summed E-state index contributed by atoms with van der Waals surface area (Å²) < 4.78 is 49.1. The molecular formula is C27H36F3N5O3. The van der Waals surface area contributed by atoms with Crippen LogP contribution in [-0.4, -0.2) is 81.2 Å². The summed E-state index contributed by atoms with van der Waals surface area (Å²) in [6, 6.07) is 9.32. The number of nitrogens with zero attached hydrogens (tertiary/aromatic N) is 3. The van der Waals surface area contributed by atoms with Crippen LogP contribution in [0.1, 0.15) is 25.3 Å². The van der Waals surface area contributed by atoms with E-state index in [4.69, 9.17) is 14.5 Å². The number of aryl methyl sites for hydroxylation is 1. The van der Waals surface area contributed by atoms with E-state index in [1.54, 1.807) is 7.11 Å². The summed E-state index contributed by atoms with van der Waals surface area (Å²) >= 11 is 0. The van der Waals surface area contributed by atoms with E-state index >= 15 is 0 Å². The molecule has 2 fully saturated rings. The first kappa shape index (κ1) is 28.0. The van der Waals surface area contributed by atoms with E-state index in [1.807, 2.05) is 44.2 Å². The summed E-state index contributed by atoms with van der Waals surface area (Å²) in [4.78, 5) is 21.3. The van der Waals surface area contributed by atoms with Crippen LogP contribution in [0.5, 0.6) is 0 Å². The minimum Gasteiger partial charge on any atom is -0.383 e. The molecule has 2 aliphatic heterocycles. The van der Waals surface area contributed by atoms with E-state index < -0.39 is 18.5 Å². The highest BCUT2D eigenvalue weighted by atomic mass is 19.4. The van der Waals surface area contributed by atoms with Crippen LogP contribution in [0.4, 0.5) is 35.3 Å². The van der Waals surface area contributed by atoms with Gasteiger partial charge in [-0.2, -0.15) is 13.2 Å². The van der Waals surface area contributed by atoms with Gasteiger partial charge in [0.2, 0.25) is 0 Å². The molecule has 208 valence electrons. The molecule has 2 atom stereocenters. The van der Waals surface area contributed by atoms with Crippen molar-refractivity contribution in [2.24, 2.45) is 5.92 Å². The molecule has 3 heterocycles. The molecule has 1 aromatic carbocycles. The summed E-state index contributed by atoms with van der Waals surface area (Å²) in [6.45, 7) is 7.71. The second-order valence-corrected chi connectivity index (χ2v) is 10.1. The number of aromatic nitrogens is 1. The number of halogens is 3. The van der Waals surface area contributed by atoms with Crippen molar-refractivity contribution in [1.82, 2.24) is 9.88 Å². The third-order valence-electron chi connectivity index (χ3n) is 6.85. The molecule has 4 rings (SSSR count). The molecule has 2 aliphatic rings. The van der Waals surface area contributed by atoms with Gasteiger partial charge in [-0.1, -0.05) is 6.07 Å². The first-order chi connectivity index (χ1) is 18.1. The molecule has 2 N–H and O–H groups in total. The van der Waals surface area contributed by atoms with Crippen LogP contribution in [0.2, 0.25) is 0 Å². The van der Waals surface area contributed by atoms with Gasteiger partial charge in [-0.25, -0.2) is 9.78 Å². The smallest absolute Gasteiger partial charge is 0.383 e. The topological polar surface area (TPSA) is 79.0 Å². The Kier molecular flexibility index (Phi) is 8.99. The Labute approximate surface area is 221 Å². The van der Waals surface area contributed by atoms with Gasteiger partial charge in [-0.3, -0.25) is 0 Å². The van der Waals surface area contributed by atoms with Gasteiger partial charge >= 0.3 is 12.2 Å². The molecule has 0 saturated carbocycles. The number of pyridine rings is 1. The van der Waals surface area contributed by atoms with Crippen molar-refractivity contribution < 1.29 is 27.4 Å². The predicted octanol–water partition coefficient (Wildman–Crippen LogP) is 5.15. The molecule has 0 aliphatic carbocycles. The molecule has 8 nitrogen and oxygen atoms in total. The second kappa shape index (κ2) is 12.2. The van der Waals surface area contributed by atoms with Gasteiger partial charge in [0.1, 0.15) is 11.6 Å². The Morgan fingerprint density at radius 1 is 1.21 bits per heavy atom. The molecule has 0 spiro atoms. The van der Waals surface area contributed by atoms with Crippen molar-refractivity contribution in [2.45, 2.75) is 38.9 Å². The van der Waals surface area contributed by atoms with E-state index in [9.17, 15) is 18.0 Å². The van der Waals surface area contributed by atoms with Gasteiger partial charge < -0.3 is 29.9 Å². The van der Waals surface area contributed by atoms with Crippen molar-refractivity contribution >= 4 is 23.4 Å². The third kappa shape index (κ3) is 7.50. The van der Waals surface area contributed by atoms with Gasteiger partial charge in [0.15, 0.2) is 0 Å². The van der Waals surface area contributed by atoms with E-state index in [2.05, 4.69) is 15.5 Å². The molecule has 2 amide bonds. The predicted molar refractivity (Wildman–Crippen MR) is 142 cm³/mol. The summed E-state index contributed by atoms with van der Waals surface area (Å²) in [5, 5.41) is 6.28. The fourth-order valence-corrected chi connectivity index (χ4v) is 4.97. The number of anilines is 3. The highest BCUT2D eigenvalue weighted by Crippen LogP contribution is 2.33. The van der Waals surface area contributed by atoms with E-state index in [0.29, 0.717) is 38.5 Å². The van der Waals surface area contributed by atoms with Gasteiger partial charge in [0, 0.05) is 51.4 Å². The van der Waals surface area contributed by atoms with Gasteiger partial charge in [-0.05, 0) is 67.1 Å². The van der Waals surface area contributed by atoms with E-state index in [1.165, 1.54) is 4.90 Å². The van der Waals surface area contributed by atoms with Gasteiger partial charge in [-0.15, -0.1) is 0 Å². The lowest BCUT2D eigenvalue weighted by molar-refractivity contribution is -0.143. The van der Waals surface area contributed by atoms with Crippen molar-refractivity contribution in [1.29, 1.82) is 0 Å². The largest absolute Gasteiger partial charge is 0.389 e. The Morgan fingerprint density at radius 3 is 2.68 bits per heavy atom. The first-order valence-corrected chi connectivity index (χ1v) is 12.9. The number of carbonyl (C=O) groups excluding carboxylic acids is 1. The fraction of sp³-hybridized carbons (Fsp3) is 0.556. The van der Waals surface area contributed by atoms with Gasteiger partial charge in [0.25, 0.3) is 0 Å². The molecule has 0 unspecified atom stereocenters. The Bertz CT molecular complexity index is 1110. The van der Waals surface area contributed by atoms with E-state index in [0.717, 1.165) is 41.4 Å². The van der Waals surface area contributed by atoms with Crippen molar-refractivity contribution in [3.05, 3.63) is 35.9 Å². The minimum absolute atomic E-state index is 0.0497. The van der Waals surface area contributed by atoms with E-state index in [-0.39, 0.29) is 18.6 Å². The maximum Gasteiger partial charge on any atom is 0.389 e. The summed E-state index contributed by atoms with van der Waals surface area (Å²) in [5.74, 6) is 0.992. The normalized spacial score (nSPS) is 18.9. The van der Waals surface area contributed by atoms with Crippen molar-refractivity contribution in [3.8, 4) is 11.1 Å². The number of amides is 2. The van der Waals surface area contributed by atoms with Crippen LogP contribution in [-0.2, 0) is 9.47 Å². The van der Waals surface area contributed by atoms with Crippen molar-refractivity contribution in [2.75, 3.05) is 68.6 Å². The second-order valence-electron chi connectivity index (χ2n) is 10.1. The number of nitrogens with one attached hydrogen (secondary N) is 2. The third-order valence-corrected chi connectivity index (χ3v) is 6.85. The Morgan fingerprint density at radius 2 is 1.97 bits per heavy atom. The number of morpholine rings is 1. The number of alkyl halides is 3. The number of hydrogen-bond donors (Lipinski definition) is 2. The summed E-state index contributed by atoms with van der Waals surface area (Å²) in [5.41, 5.74) is 3.47. The monoisotopic (exact) mass is 535 g/mol. The summed E-state index contributed by atoms with van der Waals surface area (Å²) in [6.07, 6.45) is -4.73. The zero-order valence-corrected chi connectivity index (χ0v) is 22.1. The molecule has 0 bridgehead atoms. The highest BCUT2D eigenvalue weighted by Gasteiger charge is 2.36. The number of methoxy groups -OCH3 is 1. The SMILES string of the molecule is COC[C@@H](C)Nc1cc(-c2cc(NC(=O)N3CC[C@@H](CC(F)(F)F)C3)ccc2C)cc(N2CCOCC2)n1. The number of ether oxygens (including phenoxy) is 2. The maximum absolute atomic E-state index is 12.8. The standard InChI is InChI=1S/C27H36F3N5O3/c1-18-4-5-22(32-26(36)35-7-6-20(16-35)15-27(28,29)30)14-23(18)21-12-24(31-19(2)17-37-3)33-25(13-21)34-8-10-38-11-9-34/h4-5,12-14,19-20H,6-11,15-17H2,1-3H3,(H,31,33)(H,32,36)/t19-,20+/m1/s1. The molecule has 2 saturated heterocycles. The van der Waals surface area contributed by atoms with Crippen LogP contribution in [0.15, 0.2) is 30.3 Å². The lowest BCUT2D eigenvalue weighted by Gasteiger charge is -2.29. The average Bonchev–Trinajstić information content (AvgIpc) is 3.32. The molecule has 1 aromatic heterocycles. The quantitative estimate of drug-likeness (QED) is 0.487. The zero-order chi connectivity index (χ0) is 27.3. The number of benzene rings is 1.